The molecule has 0 bridgehead atoms. The van der Waals surface area contributed by atoms with E-state index in [0.29, 0.717) is 96.0 Å². The van der Waals surface area contributed by atoms with Crippen LogP contribution in [0.5, 0.6) is 0 Å². The second kappa shape index (κ2) is 26.0. The fourth-order valence-electron chi connectivity index (χ4n) is 13.8. The lowest BCUT2D eigenvalue weighted by atomic mass is 9.94. The molecule has 0 spiro atoms. The Morgan fingerprint density at radius 3 is 0.837 bits per heavy atom. The second-order valence-electron chi connectivity index (χ2n) is 24.7. The summed E-state index contributed by atoms with van der Waals surface area (Å²) in [5, 5.41) is 44.2. The van der Waals surface area contributed by atoms with Crippen molar-refractivity contribution in [3.05, 3.63) is 346 Å². The largest absolute Gasteiger partial charge is 0.309 e. The number of nitrogens with zero attached hydrogens (tertiary/aromatic N) is 14. The van der Waals surface area contributed by atoms with Crippen molar-refractivity contribution >= 4 is 72.0 Å². The molecule has 3 heterocycles. The maximum Gasteiger partial charge on any atom is 0.189 e. The number of rotatable bonds is 11. The number of hydrogen-bond donors (Lipinski definition) is 0. The van der Waals surface area contributed by atoms with Gasteiger partial charge in [0.2, 0.25) is 0 Å². The molecule has 14 heteroatoms. The van der Waals surface area contributed by atoms with Crippen molar-refractivity contribution < 1.29 is 0 Å². The van der Waals surface area contributed by atoms with E-state index in [9.17, 15) is 21.0 Å². The highest BCUT2D eigenvalue weighted by Gasteiger charge is 2.26. The average Bonchev–Trinajstić information content (AvgIpc) is 1.43. The molecule has 0 N–H and O–H groups in total. The fourth-order valence-corrected chi connectivity index (χ4v) is 13.8. The molecule has 3 aromatic heterocycles. The van der Waals surface area contributed by atoms with Gasteiger partial charge in [-0.1, -0.05) is 115 Å². The molecule has 0 aliphatic heterocycles. The topological polar surface area (TPSA) is 165 Å². The van der Waals surface area contributed by atoms with Gasteiger partial charge in [-0.25, -0.2) is 39.2 Å². The maximum absolute atomic E-state index is 10.2. The van der Waals surface area contributed by atoms with Crippen LogP contribution in [0.25, 0.3) is 180 Å². The zero-order chi connectivity index (χ0) is 71.1. The van der Waals surface area contributed by atoms with Crippen LogP contribution < -0.4 is 0 Å². The summed E-state index contributed by atoms with van der Waals surface area (Å²) in [6, 6.07) is 93.6. The normalized spacial score (nSPS) is 10.8. The first-order chi connectivity index (χ1) is 51.0. The first kappa shape index (κ1) is 62.7. The van der Waals surface area contributed by atoms with E-state index >= 15 is 0 Å². The average molecular weight is 1320 g/mol. The summed E-state index contributed by atoms with van der Waals surface area (Å²) >= 11 is 0. The molecule has 0 saturated heterocycles. The molecule has 0 aliphatic rings. The van der Waals surface area contributed by atoms with Crippen LogP contribution >= 0.6 is 0 Å². The van der Waals surface area contributed by atoms with Crippen molar-refractivity contribution in [2.24, 2.45) is 0 Å². The van der Waals surface area contributed by atoms with Gasteiger partial charge >= 0.3 is 0 Å². The van der Waals surface area contributed by atoms with Gasteiger partial charge < -0.3 is 9.13 Å². The van der Waals surface area contributed by atoms with Gasteiger partial charge in [-0.3, -0.25) is 0 Å². The Labute approximate surface area is 596 Å². The van der Waals surface area contributed by atoms with Crippen LogP contribution in [0.2, 0.25) is 0 Å². The third kappa shape index (κ3) is 11.3. The lowest BCUT2D eigenvalue weighted by molar-refractivity contribution is 1.07. The zero-order valence-electron chi connectivity index (χ0n) is 54.7. The Hall–Kier alpha value is -16.1. The van der Waals surface area contributed by atoms with Crippen molar-refractivity contribution in [3.63, 3.8) is 0 Å². The predicted molar refractivity (Wildman–Crippen MR) is 408 cm³/mol. The molecule has 0 atom stereocenters. The second-order valence-corrected chi connectivity index (χ2v) is 24.7. The predicted octanol–water partition coefficient (Wildman–Crippen LogP) is 23.3. The summed E-state index contributed by atoms with van der Waals surface area (Å²) in [5.41, 5.74) is 18.8. The molecule has 0 fully saturated rings. The van der Waals surface area contributed by atoms with Crippen LogP contribution in [0.3, 0.4) is 0 Å². The molecule has 0 radical (unpaired) electrons. The minimum Gasteiger partial charge on any atom is -0.309 e. The summed E-state index contributed by atoms with van der Waals surface area (Å²) in [4.78, 5) is 34.4. The maximum atomic E-state index is 10.2. The van der Waals surface area contributed by atoms with Crippen LogP contribution in [0, 0.1) is 78.2 Å². The summed E-state index contributed by atoms with van der Waals surface area (Å²) in [7, 11) is 0. The third-order valence-corrected chi connectivity index (χ3v) is 18.6. The molecule has 0 aliphatic carbocycles. The SMILES string of the molecule is [C-]#[N+]c1ccc(-c2ccc(-n3c4ccc(-c5cc(C#N)cc([N+]#[C-])c5)cc4c4cc(-c5cc(C#N)cc([N+]#[C-])c5)ccc43)c(-c3cc(-c4nc(-c5ccccc5)nc(-c5ccccc5)n4)ccc3-n3c4ccc(-c5cc(C#N)cc([N+]#[C-])c5)cc4c4cc(-c5cc(C#N)cc([N+]#[C-])c5)ccc43)c2)cc1. The molecular formula is C90H44N14. The van der Waals surface area contributed by atoms with Crippen molar-refractivity contribution in [2.75, 3.05) is 0 Å². The minimum absolute atomic E-state index is 0.317. The van der Waals surface area contributed by atoms with Gasteiger partial charge in [-0.15, -0.1) is 0 Å². The Bertz CT molecular complexity index is 6320. The standard InChI is InChI=1S/C90H44N14/c1-95-71-24-16-58(17-25-71)61-18-26-82(103-83-27-19-62(67-32-54(50-91)36-72(40-67)96-2)45-77(83)78-46-63(20-28-84(78)103)68-33-55(51-92)37-73(41-68)97-3)76(44-61)81-49-66(90-101-88(59-12-8-6-9-13-59)100-89(102-90)60-14-10-7-11-15-60)23-31-87(81)104-85-29-21-64(69-34-56(52-93)38-74(42-69)98-4)47-79(85)80-48-65(22-30-86(80)104)70-35-57(53-94)39-75(43-70)99-5/h6-49H. The number of nitriles is 4. The number of fused-ring (bicyclic) bond motifs is 6. The van der Waals surface area contributed by atoms with E-state index in [1.807, 2.05) is 103 Å². The van der Waals surface area contributed by atoms with Crippen molar-refractivity contribution in [2.45, 2.75) is 0 Å². The first-order valence-electron chi connectivity index (χ1n) is 32.6. The van der Waals surface area contributed by atoms with Crippen LogP contribution in [-0.4, -0.2) is 24.1 Å². The highest BCUT2D eigenvalue weighted by Crippen LogP contribution is 2.47. The Morgan fingerprint density at radius 1 is 0.240 bits per heavy atom. The van der Waals surface area contributed by atoms with Gasteiger partial charge in [-0.2, -0.15) is 21.0 Å². The van der Waals surface area contributed by atoms with E-state index in [1.54, 1.807) is 84.9 Å². The van der Waals surface area contributed by atoms with E-state index < -0.39 is 0 Å². The van der Waals surface area contributed by atoms with E-state index in [4.69, 9.17) is 47.8 Å². The minimum atomic E-state index is 0.317. The summed E-state index contributed by atoms with van der Waals surface area (Å²) in [5.74, 6) is 1.32. The lowest BCUT2D eigenvalue weighted by Gasteiger charge is -2.21. The summed E-state index contributed by atoms with van der Waals surface area (Å²) in [6.07, 6.45) is 0. The summed E-state index contributed by atoms with van der Waals surface area (Å²) < 4.78 is 4.46. The fraction of sp³-hybridized carbons (Fsp3) is 0. The first-order valence-corrected chi connectivity index (χ1v) is 32.6. The van der Waals surface area contributed by atoms with Crippen molar-refractivity contribution in [3.8, 4) is 137 Å². The van der Waals surface area contributed by atoms with Gasteiger partial charge in [0, 0.05) is 71.6 Å². The smallest absolute Gasteiger partial charge is 0.189 e. The molecule has 16 aromatic rings. The monoisotopic (exact) mass is 1320 g/mol. The molecular weight excluding hydrogens is 1280 g/mol. The van der Waals surface area contributed by atoms with Gasteiger partial charge in [0.05, 0.1) is 90.6 Å². The van der Waals surface area contributed by atoms with Crippen molar-refractivity contribution in [1.82, 2.24) is 24.1 Å². The number of hydrogen-bond acceptors (Lipinski definition) is 7. The Kier molecular flexibility index (Phi) is 15.7. The van der Waals surface area contributed by atoms with Gasteiger partial charge in [0.25, 0.3) is 0 Å². The van der Waals surface area contributed by atoms with Crippen LogP contribution in [0.1, 0.15) is 22.3 Å². The van der Waals surface area contributed by atoms with Crippen LogP contribution in [0.4, 0.5) is 28.4 Å². The van der Waals surface area contributed by atoms with Crippen LogP contribution in [0.15, 0.2) is 267 Å². The molecule has 16 rings (SSSR count). The van der Waals surface area contributed by atoms with Gasteiger partial charge in [-0.05, 0) is 207 Å². The molecule has 14 nitrogen and oxygen atoms in total. The molecule has 0 saturated carbocycles. The molecule has 104 heavy (non-hydrogen) atoms. The highest BCUT2D eigenvalue weighted by molar-refractivity contribution is 6.14. The molecule has 474 valence electrons. The van der Waals surface area contributed by atoms with E-state index in [2.05, 4.69) is 136 Å². The van der Waals surface area contributed by atoms with E-state index in [0.717, 1.165) is 111 Å². The molecule has 0 amide bonds. The Balaban J connectivity index is 1.04. The highest BCUT2D eigenvalue weighted by atomic mass is 15.0. The van der Waals surface area contributed by atoms with E-state index in [-0.39, 0.29) is 0 Å². The van der Waals surface area contributed by atoms with Gasteiger partial charge in [0.1, 0.15) is 0 Å². The van der Waals surface area contributed by atoms with Gasteiger partial charge in [0.15, 0.2) is 45.9 Å². The number of aromatic nitrogens is 5. The molecule has 13 aromatic carbocycles. The third-order valence-electron chi connectivity index (χ3n) is 18.6. The summed E-state index contributed by atoms with van der Waals surface area (Å²) in [6.45, 7) is 39.9. The molecule has 0 unspecified atom stereocenters. The zero-order valence-corrected chi connectivity index (χ0v) is 54.7. The quantitative estimate of drug-likeness (QED) is 0.116. The van der Waals surface area contributed by atoms with E-state index in [1.165, 1.54) is 0 Å². The number of benzene rings is 13. The Morgan fingerprint density at radius 2 is 0.519 bits per heavy atom. The van der Waals surface area contributed by atoms with Crippen LogP contribution in [-0.2, 0) is 0 Å². The van der Waals surface area contributed by atoms with Crippen molar-refractivity contribution in [1.29, 1.82) is 21.0 Å². The lowest BCUT2D eigenvalue weighted by Crippen LogP contribution is -2.04.